The zero-order valence-electron chi connectivity index (χ0n) is 13.9. The first-order valence-electron chi connectivity index (χ1n) is 8.21. The van der Waals surface area contributed by atoms with Gasteiger partial charge < -0.3 is 14.8 Å². The summed E-state index contributed by atoms with van der Waals surface area (Å²) in [6, 6.07) is 10.1. The quantitative estimate of drug-likeness (QED) is 0.719. The van der Waals surface area contributed by atoms with Gasteiger partial charge in [-0.3, -0.25) is 4.68 Å². The molecule has 0 saturated carbocycles. The van der Waals surface area contributed by atoms with Crippen molar-refractivity contribution in [1.29, 1.82) is 0 Å². The van der Waals surface area contributed by atoms with Gasteiger partial charge in [0.1, 0.15) is 6.10 Å². The summed E-state index contributed by atoms with van der Waals surface area (Å²) in [7, 11) is 1.87. The third-order valence-corrected chi connectivity index (χ3v) is 4.16. The number of nitrogens with one attached hydrogen (secondary N) is 1. The Morgan fingerprint density at radius 1 is 1.24 bits per heavy atom. The molecule has 3 heterocycles. The van der Waals surface area contributed by atoms with E-state index in [1.165, 1.54) is 0 Å². The van der Waals surface area contributed by atoms with Gasteiger partial charge in [0, 0.05) is 13.6 Å². The number of aromatic nitrogens is 5. The van der Waals surface area contributed by atoms with Crippen molar-refractivity contribution in [1.82, 2.24) is 30.1 Å². The molecule has 130 valence electrons. The van der Waals surface area contributed by atoms with E-state index in [2.05, 4.69) is 20.7 Å². The third kappa shape index (κ3) is 3.54. The molecule has 1 aliphatic rings. The summed E-state index contributed by atoms with van der Waals surface area (Å²) in [4.78, 5) is 0. The van der Waals surface area contributed by atoms with E-state index in [0.717, 1.165) is 17.1 Å². The number of hydrogen-bond acceptors (Lipinski definition) is 6. The van der Waals surface area contributed by atoms with Gasteiger partial charge in [-0.05, 0) is 12.1 Å². The molecule has 2 atom stereocenters. The van der Waals surface area contributed by atoms with Crippen molar-refractivity contribution in [2.24, 2.45) is 7.05 Å². The fraction of sp³-hybridized carbons (Fsp3) is 0.353. The van der Waals surface area contributed by atoms with Gasteiger partial charge in [0.25, 0.3) is 0 Å². The first-order valence-corrected chi connectivity index (χ1v) is 8.21. The highest BCUT2D eigenvalue weighted by Gasteiger charge is 2.30. The van der Waals surface area contributed by atoms with Crippen LogP contribution in [0, 0.1) is 0 Å². The third-order valence-electron chi connectivity index (χ3n) is 4.16. The molecule has 8 heteroatoms. The zero-order valence-corrected chi connectivity index (χ0v) is 13.9. The Kier molecular flexibility index (Phi) is 4.45. The van der Waals surface area contributed by atoms with Crippen LogP contribution in [0.2, 0.25) is 0 Å². The molecule has 0 bridgehead atoms. The van der Waals surface area contributed by atoms with E-state index in [1.807, 2.05) is 48.3 Å². The minimum atomic E-state index is -0.0507. The number of aryl methyl sites for hydroxylation is 1. The van der Waals surface area contributed by atoms with E-state index in [9.17, 15) is 0 Å². The van der Waals surface area contributed by atoms with E-state index >= 15 is 0 Å². The van der Waals surface area contributed by atoms with Crippen LogP contribution in [0.25, 0.3) is 5.69 Å². The van der Waals surface area contributed by atoms with Gasteiger partial charge in [0.2, 0.25) is 0 Å². The van der Waals surface area contributed by atoms with E-state index in [4.69, 9.17) is 9.47 Å². The van der Waals surface area contributed by atoms with Crippen LogP contribution in [-0.4, -0.2) is 50.1 Å². The maximum absolute atomic E-state index is 5.98. The van der Waals surface area contributed by atoms with Crippen molar-refractivity contribution in [3.05, 3.63) is 54.6 Å². The van der Waals surface area contributed by atoms with Crippen LogP contribution in [0.3, 0.4) is 0 Å². The van der Waals surface area contributed by atoms with Crippen molar-refractivity contribution in [2.45, 2.75) is 18.7 Å². The lowest BCUT2D eigenvalue weighted by Crippen LogP contribution is -2.42. The molecule has 0 radical (unpaired) electrons. The summed E-state index contributed by atoms with van der Waals surface area (Å²) in [6.07, 6.45) is 5.28. The van der Waals surface area contributed by atoms with Crippen LogP contribution in [0.1, 0.15) is 5.69 Å². The van der Waals surface area contributed by atoms with Gasteiger partial charge in [-0.1, -0.05) is 23.4 Å². The molecule has 0 aliphatic carbocycles. The maximum atomic E-state index is 5.98. The molecular weight excluding hydrogens is 320 g/mol. The average Bonchev–Trinajstić information content (AvgIpc) is 3.36. The fourth-order valence-corrected chi connectivity index (χ4v) is 2.87. The molecule has 2 aromatic heterocycles. The summed E-state index contributed by atoms with van der Waals surface area (Å²) in [6.45, 7) is 1.80. The number of nitrogens with zero attached hydrogens (tertiary/aromatic N) is 5. The fourth-order valence-electron chi connectivity index (χ4n) is 2.87. The van der Waals surface area contributed by atoms with Crippen LogP contribution >= 0.6 is 0 Å². The van der Waals surface area contributed by atoms with Crippen molar-refractivity contribution < 1.29 is 9.47 Å². The summed E-state index contributed by atoms with van der Waals surface area (Å²) in [5.41, 5.74) is 1.97. The van der Waals surface area contributed by atoms with Crippen LogP contribution in [0.5, 0.6) is 5.75 Å². The van der Waals surface area contributed by atoms with Crippen LogP contribution in [-0.2, 0) is 18.3 Å². The predicted molar refractivity (Wildman–Crippen MR) is 90.4 cm³/mol. The second-order valence-electron chi connectivity index (χ2n) is 6.00. The SMILES string of the molecule is Cn1cc(O[C@@H]2COC[C@@H]2NCc2cnnn2-c2ccccc2)cn1. The minimum Gasteiger partial charge on any atom is -0.483 e. The molecule has 25 heavy (non-hydrogen) atoms. The lowest BCUT2D eigenvalue weighted by Gasteiger charge is -2.19. The van der Waals surface area contributed by atoms with Crippen molar-refractivity contribution in [3.8, 4) is 11.4 Å². The molecule has 1 aromatic carbocycles. The summed E-state index contributed by atoms with van der Waals surface area (Å²) in [5, 5.41) is 15.8. The zero-order chi connectivity index (χ0) is 17.1. The number of hydrogen-bond donors (Lipinski definition) is 1. The van der Waals surface area contributed by atoms with Crippen molar-refractivity contribution in [2.75, 3.05) is 13.2 Å². The first-order chi connectivity index (χ1) is 12.3. The van der Waals surface area contributed by atoms with E-state index in [1.54, 1.807) is 17.1 Å². The van der Waals surface area contributed by atoms with Crippen LogP contribution in [0.15, 0.2) is 48.9 Å². The number of benzene rings is 1. The molecule has 0 spiro atoms. The largest absolute Gasteiger partial charge is 0.483 e. The molecular formula is C17H20N6O2. The molecule has 1 saturated heterocycles. The number of ether oxygens (including phenoxy) is 2. The predicted octanol–water partition coefficient (Wildman–Crippen LogP) is 0.937. The topological polar surface area (TPSA) is 79.0 Å². The van der Waals surface area contributed by atoms with Gasteiger partial charge in [-0.25, -0.2) is 4.68 Å². The second-order valence-corrected chi connectivity index (χ2v) is 6.00. The van der Waals surface area contributed by atoms with E-state index in [0.29, 0.717) is 19.8 Å². The Hall–Kier alpha value is -2.71. The Labute approximate surface area is 145 Å². The first kappa shape index (κ1) is 15.8. The lowest BCUT2D eigenvalue weighted by atomic mass is 10.2. The minimum absolute atomic E-state index is 0.0507. The van der Waals surface area contributed by atoms with Gasteiger partial charge in [-0.2, -0.15) is 5.10 Å². The summed E-state index contributed by atoms with van der Waals surface area (Å²) in [5.74, 6) is 0.751. The number of rotatable bonds is 6. The molecule has 4 rings (SSSR count). The van der Waals surface area contributed by atoms with Crippen molar-refractivity contribution in [3.63, 3.8) is 0 Å². The van der Waals surface area contributed by atoms with Crippen molar-refractivity contribution >= 4 is 0 Å². The van der Waals surface area contributed by atoms with E-state index < -0.39 is 0 Å². The van der Waals surface area contributed by atoms with Gasteiger partial charge in [0.15, 0.2) is 5.75 Å². The number of para-hydroxylation sites is 1. The Morgan fingerprint density at radius 2 is 2.12 bits per heavy atom. The Morgan fingerprint density at radius 3 is 2.92 bits per heavy atom. The second kappa shape index (κ2) is 7.04. The Balaban J connectivity index is 1.40. The smallest absolute Gasteiger partial charge is 0.157 e. The molecule has 1 N–H and O–H groups in total. The normalized spacial score (nSPS) is 20.0. The molecule has 0 unspecified atom stereocenters. The van der Waals surface area contributed by atoms with E-state index in [-0.39, 0.29) is 12.1 Å². The maximum Gasteiger partial charge on any atom is 0.157 e. The molecule has 0 amide bonds. The van der Waals surface area contributed by atoms with Gasteiger partial charge in [-0.15, -0.1) is 5.10 Å². The van der Waals surface area contributed by atoms with Gasteiger partial charge in [0.05, 0.1) is 49.2 Å². The van der Waals surface area contributed by atoms with Crippen LogP contribution < -0.4 is 10.1 Å². The summed E-state index contributed by atoms with van der Waals surface area (Å²) >= 11 is 0. The average molecular weight is 340 g/mol. The highest BCUT2D eigenvalue weighted by atomic mass is 16.5. The molecule has 1 fully saturated rings. The standard InChI is InChI=1S/C17H20N6O2/c1-22-10-15(9-20-22)25-17-12-24-11-16(17)18-7-14-8-19-21-23(14)13-5-3-2-4-6-13/h2-6,8-10,16-18H,7,11-12H2,1H3/t16-,17+/m0/s1. The molecule has 8 nitrogen and oxygen atoms in total. The summed E-state index contributed by atoms with van der Waals surface area (Å²) < 4.78 is 15.1. The van der Waals surface area contributed by atoms with Gasteiger partial charge >= 0.3 is 0 Å². The molecule has 3 aromatic rings. The molecule has 1 aliphatic heterocycles. The lowest BCUT2D eigenvalue weighted by molar-refractivity contribution is 0.139. The Bertz CT molecular complexity index is 815. The highest BCUT2D eigenvalue weighted by Crippen LogP contribution is 2.17. The highest BCUT2D eigenvalue weighted by molar-refractivity contribution is 5.31. The van der Waals surface area contributed by atoms with Crippen LogP contribution in [0.4, 0.5) is 0 Å². The monoisotopic (exact) mass is 340 g/mol.